The van der Waals surface area contributed by atoms with E-state index in [1.54, 1.807) is 53.7 Å². The fourth-order valence-electron chi connectivity index (χ4n) is 6.25. The van der Waals surface area contributed by atoms with Gasteiger partial charge in [-0.2, -0.15) is 5.10 Å². The minimum atomic E-state index is -0.420. The molecule has 13 heteroatoms. The molecule has 0 saturated heterocycles. The Bertz CT molecular complexity index is 2130. The molecule has 1 saturated carbocycles. The van der Waals surface area contributed by atoms with Crippen LogP contribution in [0.15, 0.2) is 115 Å². The molecule has 6 rings (SSSR count). The molecule has 4 aromatic carbocycles. The molecule has 1 fully saturated rings. The van der Waals surface area contributed by atoms with Gasteiger partial charge in [0.05, 0.1) is 47.2 Å². The number of nitrogens with zero attached hydrogens (tertiary/aromatic N) is 3. The summed E-state index contributed by atoms with van der Waals surface area (Å²) in [5.74, 6) is -0.324. The summed E-state index contributed by atoms with van der Waals surface area (Å²) in [6.07, 6.45) is 8.10. The van der Waals surface area contributed by atoms with Crippen molar-refractivity contribution in [3.63, 3.8) is 0 Å². The molecule has 0 atom stereocenters. The van der Waals surface area contributed by atoms with Crippen molar-refractivity contribution in [2.45, 2.75) is 51.4 Å². The molecule has 0 radical (unpaired) electrons. The second kappa shape index (κ2) is 20.5. The van der Waals surface area contributed by atoms with Crippen molar-refractivity contribution < 1.29 is 42.9 Å². The summed E-state index contributed by atoms with van der Waals surface area (Å²) < 4.78 is 28.5. The van der Waals surface area contributed by atoms with Crippen molar-refractivity contribution in [2.75, 3.05) is 18.2 Å². The minimum absolute atomic E-state index is 0.247. The standard InChI is InChI=1S/C44H43N3O9S/c1-2-41(49)53-27-11-4-3-10-26-52-35-20-22-36(23-21-35)55-42(50)31-16-18-32(19-17-31)43(51)56-39-25-24-37(54-30-48)28-33(39)29-45-47(34-12-6-5-7-13-34)44-46-38-14-8-9-15-40(38)57-44/h2,5-9,12-15,20-25,28-32H,1,3-4,10-11,16-19,26-27H2/b45-29+/t31-,32-. The first kappa shape index (κ1) is 40.3. The second-order valence-electron chi connectivity index (χ2n) is 13.3. The van der Waals surface area contributed by atoms with Gasteiger partial charge in [0, 0.05) is 11.6 Å². The first-order valence-corrected chi connectivity index (χ1v) is 19.7. The first-order valence-electron chi connectivity index (χ1n) is 18.8. The van der Waals surface area contributed by atoms with Crippen molar-refractivity contribution in [2.24, 2.45) is 16.9 Å². The summed E-state index contributed by atoms with van der Waals surface area (Å²) >= 11 is 1.49. The van der Waals surface area contributed by atoms with E-state index in [4.69, 9.17) is 33.8 Å². The normalized spacial score (nSPS) is 15.1. The molecule has 1 aliphatic carbocycles. The molecular formula is C44H43N3O9S. The molecule has 0 spiro atoms. The molecule has 0 amide bonds. The highest BCUT2D eigenvalue weighted by atomic mass is 32.1. The van der Waals surface area contributed by atoms with E-state index < -0.39 is 17.9 Å². The summed E-state index contributed by atoms with van der Waals surface area (Å²) in [6.45, 7) is 4.63. The third kappa shape index (κ3) is 11.6. The van der Waals surface area contributed by atoms with Gasteiger partial charge in [0.1, 0.15) is 23.0 Å². The molecular weight excluding hydrogens is 747 g/mol. The molecule has 0 N–H and O–H groups in total. The lowest BCUT2D eigenvalue weighted by molar-refractivity contribution is -0.145. The van der Waals surface area contributed by atoms with Crippen molar-refractivity contribution in [1.29, 1.82) is 0 Å². The van der Waals surface area contributed by atoms with Gasteiger partial charge in [0.15, 0.2) is 0 Å². The van der Waals surface area contributed by atoms with E-state index in [0.29, 0.717) is 67.6 Å². The Labute approximate surface area is 334 Å². The lowest BCUT2D eigenvalue weighted by Crippen LogP contribution is -2.30. The molecule has 1 heterocycles. The second-order valence-corrected chi connectivity index (χ2v) is 14.3. The molecule has 0 unspecified atom stereocenters. The van der Waals surface area contributed by atoms with Crippen LogP contribution in [-0.4, -0.2) is 48.8 Å². The number of anilines is 2. The molecule has 294 valence electrons. The number of thiazole rings is 1. The predicted molar refractivity (Wildman–Crippen MR) is 217 cm³/mol. The first-order chi connectivity index (χ1) is 27.9. The lowest BCUT2D eigenvalue weighted by atomic mass is 9.82. The maximum atomic E-state index is 13.5. The summed E-state index contributed by atoms with van der Waals surface area (Å²) in [4.78, 5) is 53.5. The van der Waals surface area contributed by atoms with E-state index in [1.165, 1.54) is 11.3 Å². The van der Waals surface area contributed by atoms with Gasteiger partial charge in [0.25, 0.3) is 6.47 Å². The number of carbonyl (C=O) groups is 4. The number of ether oxygens (including phenoxy) is 5. The molecule has 12 nitrogen and oxygen atoms in total. The quantitative estimate of drug-likeness (QED) is 0.0150. The molecule has 1 aromatic heterocycles. The van der Waals surface area contributed by atoms with Gasteiger partial charge in [0.2, 0.25) is 5.13 Å². The van der Waals surface area contributed by atoms with Crippen molar-refractivity contribution in [3.05, 3.63) is 115 Å². The highest BCUT2D eigenvalue weighted by Gasteiger charge is 2.32. The Kier molecular flexibility index (Phi) is 14.5. The average molecular weight is 790 g/mol. The maximum absolute atomic E-state index is 13.5. The fourth-order valence-corrected chi connectivity index (χ4v) is 7.20. The Morgan fingerprint density at radius 3 is 2.12 bits per heavy atom. The highest BCUT2D eigenvalue weighted by molar-refractivity contribution is 7.22. The van der Waals surface area contributed by atoms with Crippen LogP contribution in [0.5, 0.6) is 23.0 Å². The average Bonchev–Trinajstić information content (AvgIpc) is 3.67. The number of rotatable bonds is 19. The summed E-state index contributed by atoms with van der Waals surface area (Å²) in [5, 5.41) is 7.10. The number of carbonyl (C=O) groups excluding carboxylic acids is 4. The minimum Gasteiger partial charge on any atom is -0.494 e. The van der Waals surface area contributed by atoms with Crippen molar-refractivity contribution >= 4 is 63.0 Å². The Morgan fingerprint density at radius 1 is 0.772 bits per heavy atom. The maximum Gasteiger partial charge on any atom is 0.330 e. The van der Waals surface area contributed by atoms with Crippen LogP contribution < -0.4 is 24.0 Å². The van der Waals surface area contributed by atoms with E-state index in [0.717, 1.165) is 47.7 Å². The number of esters is 3. The number of hydrazone groups is 1. The SMILES string of the molecule is C=CC(=O)OCCCCCCOc1ccc(OC(=O)[C@H]2CC[C@H](C(=O)Oc3ccc(OC=O)cc3/C=N/N(c3ccccc3)c3nc4ccccc4s3)CC2)cc1. The van der Waals surface area contributed by atoms with Gasteiger partial charge >= 0.3 is 17.9 Å². The Balaban J connectivity index is 1.01. The summed E-state index contributed by atoms with van der Waals surface area (Å²) in [7, 11) is 0. The number of para-hydroxylation sites is 2. The van der Waals surface area contributed by atoms with Gasteiger partial charge in [-0.1, -0.05) is 48.2 Å². The van der Waals surface area contributed by atoms with Crippen molar-refractivity contribution in [1.82, 2.24) is 4.98 Å². The lowest BCUT2D eigenvalue weighted by Gasteiger charge is -2.26. The number of unbranched alkanes of at least 4 members (excludes halogenated alkanes) is 3. The molecule has 0 bridgehead atoms. The fraction of sp³-hybridized carbons (Fsp3) is 0.273. The van der Waals surface area contributed by atoms with Gasteiger partial charge in [-0.25, -0.2) is 14.8 Å². The molecule has 0 aliphatic heterocycles. The van der Waals surface area contributed by atoms with Crippen LogP contribution in [-0.2, 0) is 23.9 Å². The van der Waals surface area contributed by atoms with Gasteiger partial charge in [-0.05, 0) is 118 Å². The van der Waals surface area contributed by atoms with Crippen LogP contribution >= 0.6 is 11.3 Å². The zero-order chi connectivity index (χ0) is 39.8. The Morgan fingerprint density at radius 2 is 1.42 bits per heavy atom. The summed E-state index contributed by atoms with van der Waals surface area (Å²) in [5.41, 5.74) is 2.03. The van der Waals surface area contributed by atoms with Gasteiger partial charge in [-0.15, -0.1) is 0 Å². The molecule has 57 heavy (non-hydrogen) atoms. The van der Waals surface area contributed by atoms with Gasteiger partial charge in [-0.3, -0.25) is 14.4 Å². The number of hydrogen-bond donors (Lipinski definition) is 0. The van der Waals surface area contributed by atoms with E-state index >= 15 is 0 Å². The molecule has 5 aromatic rings. The topological polar surface area (TPSA) is 143 Å². The predicted octanol–water partition coefficient (Wildman–Crippen LogP) is 8.99. The number of benzene rings is 4. The summed E-state index contributed by atoms with van der Waals surface area (Å²) in [6, 6.07) is 29.0. The van der Waals surface area contributed by atoms with Gasteiger partial charge < -0.3 is 23.7 Å². The Hall–Kier alpha value is -6.34. The van der Waals surface area contributed by atoms with Crippen LogP contribution in [0, 0.1) is 11.8 Å². The van der Waals surface area contributed by atoms with Crippen LogP contribution in [0.25, 0.3) is 10.2 Å². The van der Waals surface area contributed by atoms with E-state index in [-0.39, 0.29) is 23.4 Å². The van der Waals surface area contributed by atoms with Crippen molar-refractivity contribution in [3.8, 4) is 23.0 Å². The number of hydrogen-bond acceptors (Lipinski definition) is 13. The number of aromatic nitrogens is 1. The van der Waals surface area contributed by atoms with E-state index in [9.17, 15) is 19.2 Å². The van der Waals surface area contributed by atoms with Crippen LogP contribution in [0.4, 0.5) is 10.8 Å². The zero-order valence-corrected chi connectivity index (χ0v) is 32.1. The third-order valence-electron chi connectivity index (χ3n) is 9.31. The molecule has 1 aliphatic rings. The zero-order valence-electron chi connectivity index (χ0n) is 31.3. The smallest absolute Gasteiger partial charge is 0.330 e. The van der Waals surface area contributed by atoms with E-state index in [2.05, 4.69) is 6.58 Å². The van der Waals surface area contributed by atoms with Crippen LogP contribution in [0.2, 0.25) is 0 Å². The number of fused-ring (bicyclic) bond motifs is 1. The van der Waals surface area contributed by atoms with E-state index in [1.807, 2.05) is 54.6 Å². The largest absolute Gasteiger partial charge is 0.494 e. The highest BCUT2D eigenvalue weighted by Crippen LogP contribution is 2.35. The monoisotopic (exact) mass is 789 g/mol. The van der Waals surface area contributed by atoms with Crippen LogP contribution in [0.1, 0.15) is 56.9 Å². The van der Waals surface area contributed by atoms with Crippen LogP contribution in [0.3, 0.4) is 0 Å². The third-order valence-corrected chi connectivity index (χ3v) is 10.3.